The number of fused-ring (bicyclic) bond motifs is 1. The number of carbonyl (C=O) groups is 1. The second-order valence-corrected chi connectivity index (χ2v) is 15.3. The third-order valence-electron chi connectivity index (χ3n) is 8.86. The quantitative estimate of drug-likeness (QED) is 0.768. The van der Waals surface area contributed by atoms with E-state index in [0.29, 0.717) is 35.1 Å². The molecule has 2 saturated heterocycles. The second kappa shape index (κ2) is 7.37. The van der Waals surface area contributed by atoms with Gasteiger partial charge in [0.05, 0.1) is 8.07 Å². The second-order valence-electron chi connectivity index (χ2n) is 10.5. The number of rotatable bonds is 5. The fourth-order valence-electron chi connectivity index (χ4n) is 6.99. The molecule has 28 heavy (non-hydrogen) atoms. The molecule has 0 unspecified atom stereocenters. The van der Waals surface area contributed by atoms with Crippen LogP contribution in [0.2, 0.25) is 18.6 Å². The number of nitrogens with zero attached hydrogens (tertiary/aromatic N) is 1. The minimum absolute atomic E-state index is 0.219. The lowest BCUT2D eigenvalue weighted by Gasteiger charge is -2.46. The van der Waals surface area contributed by atoms with E-state index in [1.807, 2.05) is 0 Å². The predicted octanol–water partition coefficient (Wildman–Crippen LogP) is 3.68. The van der Waals surface area contributed by atoms with Crippen LogP contribution in [-0.2, 0) is 4.79 Å². The molecule has 0 radical (unpaired) electrons. The van der Waals surface area contributed by atoms with Gasteiger partial charge in [0, 0.05) is 37.6 Å². The molecule has 2 aliphatic heterocycles. The molecule has 3 fully saturated rings. The molecule has 0 aromatic heterocycles. The summed E-state index contributed by atoms with van der Waals surface area (Å²) >= 11 is 0. The summed E-state index contributed by atoms with van der Waals surface area (Å²) in [4.78, 5) is 16.5. The lowest BCUT2D eigenvalue weighted by molar-refractivity contribution is -0.130. The summed E-state index contributed by atoms with van der Waals surface area (Å²) in [6, 6.07) is 11.4. The zero-order valence-corrected chi connectivity index (χ0v) is 19.0. The van der Waals surface area contributed by atoms with Crippen LogP contribution in [0.3, 0.4) is 0 Å². The van der Waals surface area contributed by atoms with Gasteiger partial charge in [-0.3, -0.25) is 9.69 Å². The van der Waals surface area contributed by atoms with Crippen molar-refractivity contribution in [3.63, 3.8) is 0 Å². The van der Waals surface area contributed by atoms with Crippen molar-refractivity contribution < 1.29 is 9.90 Å². The molecule has 3 aliphatic rings. The van der Waals surface area contributed by atoms with Gasteiger partial charge in [-0.15, -0.1) is 0 Å². The average Bonchev–Trinajstić information content (AvgIpc) is 2.90. The van der Waals surface area contributed by atoms with Crippen LogP contribution in [0, 0.1) is 23.2 Å². The Morgan fingerprint density at radius 2 is 1.93 bits per heavy atom. The average molecular weight is 400 g/mol. The van der Waals surface area contributed by atoms with E-state index >= 15 is 0 Å². The van der Waals surface area contributed by atoms with Crippen molar-refractivity contribution in [1.82, 2.24) is 4.90 Å². The van der Waals surface area contributed by atoms with E-state index in [-0.39, 0.29) is 12.0 Å². The minimum Gasteiger partial charge on any atom is -0.396 e. The summed E-state index contributed by atoms with van der Waals surface area (Å²) in [6.07, 6.45) is 3.75. The molecule has 2 bridgehead atoms. The van der Waals surface area contributed by atoms with E-state index in [9.17, 15) is 9.90 Å². The third-order valence-corrected chi connectivity index (χ3v) is 13.2. The Kier molecular flexibility index (Phi) is 5.35. The molecule has 4 rings (SSSR count). The number of piperidine rings is 1. The third kappa shape index (κ3) is 3.03. The Balaban J connectivity index is 1.72. The molecule has 0 amide bonds. The van der Waals surface area contributed by atoms with Crippen molar-refractivity contribution in [2.75, 3.05) is 19.7 Å². The first-order chi connectivity index (χ1) is 13.3. The Labute approximate surface area is 171 Å². The van der Waals surface area contributed by atoms with Crippen LogP contribution >= 0.6 is 0 Å². The van der Waals surface area contributed by atoms with Crippen molar-refractivity contribution in [2.45, 2.75) is 64.2 Å². The molecule has 2 heterocycles. The minimum atomic E-state index is -1.76. The number of carbonyl (C=O) groups excluding carboxylic acids is 1. The normalized spacial score (nSPS) is 38.5. The Morgan fingerprint density at radius 1 is 1.21 bits per heavy atom. The van der Waals surface area contributed by atoms with E-state index in [1.54, 1.807) is 0 Å². The number of hydrogen-bond donors (Lipinski definition) is 1. The van der Waals surface area contributed by atoms with Gasteiger partial charge in [0.1, 0.15) is 5.78 Å². The van der Waals surface area contributed by atoms with Crippen molar-refractivity contribution >= 4 is 19.0 Å². The standard InChI is InChI=1S/C24H37NO2Si/c1-17-15-25-16-18(9-8-12-26)24(2)22(25)13-20(17)21(14-23(24)27)28(3,4)19-10-6-5-7-11-19/h5-7,10-11,17-18,20-22,26H,8-9,12-16H2,1-4H3/t17-,18-,20-,21+,22-,24-/m1/s1. The smallest absolute Gasteiger partial charge is 0.140 e. The summed E-state index contributed by atoms with van der Waals surface area (Å²) in [5, 5.41) is 10.9. The van der Waals surface area contributed by atoms with E-state index < -0.39 is 8.07 Å². The lowest BCUT2D eigenvalue weighted by atomic mass is 9.68. The van der Waals surface area contributed by atoms with Crippen molar-refractivity contribution in [3.8, 4) is 0 Å². The van der Waals surface area contributed by atoms with Crippen molar-refractivity contribution in [2.24, 2.45) is 23.2 Å². The van der Waals surface area contributed by atoms with Gasteiger partial charge in [0.25, 0.3) is 0 Å². The molecule has 1 N–H and O–H groups in total. The molecule has 1 saturated carbocycles. The molecular formula is C24H37NO2Si. The molecule has 0 spiro atoms. The van der Waals surface area contributed by atoms with Crippen LogP contribution in [-0.4, -0.2) is 49.6 Å². The number of hydrogen-bond acceptors (Lipinski definition) is 3. The van der Waals surface area contributed by atoms with E-state index in [1.165, 1.54) is 11.6 Å². The van der Waals surface area contributed by atoms with Crippen LogP contribution in [0.4, 0.5) is 0 Å². The Bertz CT molecular complexity index is 721. The number of aliphatic hydroxyl groups excluding tert-OH is 1. The Morgan fingerprint density at radius 3 is 2.61 bits per heavy atom. The number of ketones is 1. The molecule has 3 nitrogen and oxygen atoms in total. The predicted molar refractivity (Wildman–Crippen MR) is 117 cm³/mol. The van der Waals surface area contributed by atoms with Gasteiger partial charge in [-0.2, -0.15) is 0 Å². The maximum atomic E-state index is 13.8. The van der Waals surface area contributed by atoms with Crippen LogP contribution in [0.5, 0.6) is 0 Å². The largest absolute Gasteiger partial charge is 0.396 e. The summed E-state index contributed by atoms with van der Waals surface area (Å²) in [6.45, 7) is 12.1. The molecule has 1 aliphatic carbocycles. The highest BCUT2D eigenvalue weighted by atomic mass is 28.3. The van der Waals surface area contributed by atoms with Gasteiger partial charge < -0.3 is 5.11 Å². The topological polar surface area (TPSA) is 40.5 Å². The fraction of sp³-hybridized carbons (Fsp3) is 0.708. The first-order valence-corrected chi connectivity index (χ1v) is 14.3. The molecule has 1 aromatic carbocycles. The highest BCUT2D eigenvalue weighted by molar-refractivity contribution is 6.91. The summed E-state index contributed by atoms with van der Waals surface area (Å²) in [5.41, 5.74) is 0.309. The van der Waals surface area contributed by atoms with Gasteiger partial charge in [-0.1, -0.05) is 62.5 Å². The zero-order valence-electron chi connectivity index (χ0n) is 18.0. The van der Waals surface area contributed by atoms with Crippen LogP contribution in [0.25, 0.3) is 0 Å². The fourth-order valence-corrected chi connectivity index (χ4v) is 10.7. The molecule has 1 aromatic rings. The Hall–Kier alpha value is -0.973. The summed E-state index contributed by atoms with van der Waals surface area (Å²) < 4.78 is 0. The van der Waals surface area contributed by atoms with E-state index in [4.69, 9.17) is 0 Å². The first-order valence-electron chi connectivity index (χ1n) is 11.2. The van der Waals surface area contributed by atoms with Crippen LogP contribution in [0.15, 0.2) is 30.3 Å². The van der Waals surface area contributed by atoms with E-state index in [2.05, 4.69) is 62.2 Å². The van der Waals surface area contributed by atoms with Gasteiger partial charge in [-0.25, -0.2) is 0 Å². The molecular weight excluding hydrogens is 362 g/mol. The monoisotopic (exact) mass is 399 g/mol. The maximum absolute atomic E-state index is 13.8. The van der Waals surface area contributed by atoms with E-state index in [0.717, 1.165) is 32.4 Å². The molecule has 154 valence electrons. The summed E-state index contributed by atoms with van der Waals surface area (Å²) in [7, 11) is -1.76. The highest BCUT2D eigenvalue weighted by Crippen LogP contribution is 2.57. The zero-order chi connectivity index (χ0) is 20.1. The first kappa shape index (κ1) is 20.3. The number of aliphatic hydroxyl groups is 1. The number of benzene rings is 1. The molecule has 6 atom stereocenters. The van der Waals surface area contributed by atoms with Gasteiger partial charge in [-0.05, 0) is 42.6 Å². The number of Topliss-reactive ketones (excluding diaryl/α,β-unsaturated/α-hetero) is 1. The lowest BCUT2D eigenvalue weighted by Crippen LogP contribution is -2.53. The van der Waals surface area contributed by atoms with Crippen LogP contribution in [0.1, 0.15) is 39.5 Å². The summed E-state index contributed by atoms with van der Waals surface area (Å²) in [5.74, 6) is 2.23. The van der Waals surface area contributed by atoms with Gasteiger partial charge in [0.15, 0.2) is 0 Å². The van der Waals surface area contributed by atoms with Crippen LogP contribution < -0.4 is 5.19 Å². The van der Waals surface area contributed by atoms with Gasteiger partial charge >= 0.3 is 0 Å². The van der Waals surface area contributed by atoms with Crippen molar-refractivity contribution in [1.29, 1.82) is 0 Å². The highest BCUT2D eigenvalue weighted by Gasteiger charge is 2.61. The van der Waals surface area contributed by atoms with Gasteiger partial charge in [0.2, 0.25) is 0 Å². The van der Waals surface area contributed by atoms with Crippen molar-refractivity contribution in [3.05, 3.63) is 30.3 Å². The molecule has 4 heteroatoms. The SMILES string of the molecule is C[C@@H]1CN2C[C@@H](CCCO)[C@@]3(C)C(=O)C[C@H]([Si](C)(C)c4ccccc4)[C@@H]1C[C@@H]23. The maximum Gasteiger partial charge on any atom is 0.140 e.